The fraction of sp³-hybridized carbons (Fsp3) is 0.125. The molecular formula is C16H15ClI+. The van der Waals surface area contributed by atoms with Gasteiger partial charge in [-0.15, -0.1) is 0 Å². The first-order valence-electron chi connectivity index (χ1n) is 5.91. The molecule has 0 aliphatic carbocycles. The Morgan fingerprint density at radius 1 is 0.944 bits per heavy atom. The second-order valence-corrected chi connectivity index (χ2v) is 6.92. The molecule has 0 radical (unpaired) electrons. The molecule has 0 heterocycles. The van der Waals surface area contributed by atoms with Crippen molar-refractivity contribution in [2.75, 3.05) is 0 Å². The van der Waals surface area contributed by atoms with E-state index in [9.17, 15) is 0 Å². The predicted octanol–water partition coefficient (Wildman–Crippen LogP) is 1.66. The summed E-state index contributed by atoms with van der Waals surface area (Å²) in [6.07, 6.45) is 1.97. The highest BCUT2D eigenvalue weighted by Crippen LogP contribution is 2.10. The van der Waals surface area contributed by atoms with E-state index in [-0.39, 0.29) is 21.2 Å². The Morgan fingerprint density at radius 2 is 1.56 bits per heavy atom. The molecule has 2 heteroatoms. The van der Waals surface area contributed by atoms with Crippen molar-refractivity contribution in [1.29, 1.82) is 0 Å². The molecule has 18 heavy (non-hydrogen) atoms. The van der Waals surface area contributed by atoms with Gasteiger partial charge in [-0.3, -0.25) is 0 Å². The number of halogens is 2. The Labute approximate surface area is 124 Å². The lowest BCUT2D eigenvalue weighted by Gasteiger charge is -1.97. The van der Waals surface area contributed by atoms with Crippen LogP contribution < -0.4 is 21.2 Å². The van der Waals surface area contributed by atoms with Crippen LogP contribution in [-0.2, 0) is 6.42 Å². The van der Waals surface area contributed by atoms with Crippen LogP contribution in [0.25, 0.3) is 0 Å². The SMILES string of the molecule is Cl/C(=C\[I+]c1ccccc1)CCc1ccccc1. The van der Waals surface area contributed by atoms with Crippen LogP contribution in [0.15, 0.2) is 69.8 Å². The molecule has 0 nitrogen and oxygen atoms in total. The number of benzene rings is 2. The molecule has 92 valence electrons. The molecule has 0 saturated heterocycles. The maximum Gasteiger partial charge on any atom is 0.350 e. The second-order valence-electron chi connectivity index (χ2n) is 3.95. The van der Waals surface area contributed by atoms with Gasteiger partial charge in [-0.25, -0.2) is 0 Å². The van der Waals surface area contributed by atoms with Crippen molar-refractivity contribution in [1.82, 2.24) is 0 Å². The number of hydrogen-bond donors (Lipinski definition) is 0. The molecule has 2 aromatic carbocycles. The molecule has 0 aliphatic rings. The van der Waals surface area contributed by atoms with Gasteiger partial charge < -0.3 is 0 Å². The van der Waals surface area contributed by atoms with Gasteiger partial charge in [0.1, 0.15) is 0 Å². The molecule has 0 N–H and O–H groups in total. The average Bonchev–Trinajstić information content (AvgIpc) is 2.45. The lowest BCUT2D eigenvalue weighted by molar-refractivity contribution is -0.557. The minimum Gasteiger partial charge on any atom is -0.0849 e. The smallest absolute Gasteiger partial charge is 0.0849 e. The third kappa shape index (κ3) is 4.83. The van der Waals surface area contributed by atoms with E-state index in [1.807, 2.05) is 12.1 Å². The van der Waals surface area contributed by atoms with Crippen molar-refractivity contribution in [3.63, 3.8) is 0 Å². The Morgan fingerprint density at radius 3 is 2.22 bits per heavy atom. The van der Waals surface area contributed by atoms with Crippen LogP contribution in [0, 0.1) is 3.57 Å². The van der Waals surface area contributed by atoms with Gasteiger partial charge in [0.2, 0.25) is 0 Å². The zero-order chi connectivity index (χ0) is 12.6. The molecule has 0 aliphatic heterocycles. The predicted molar refractivity (Wildman–Crippen MR) is 73.8 cm³/mol. The number of aryl methyl sites for hydroxylation is 1. The van der Waals surface area contributed by atoms with Crippen LogP contribution >= 0.6 is 11.6 Å². The summed E-state index contributed by atoms with van der Waals surface area (Å²) in [5.41, 5.74) is 1.35. The summed E-state index contributed by atoms with van der Waals surface area (Å²) in [5.74, 6) is 0. The van der Waals surface area contributed by atoms with Crippen LogP contribution in [-0.4, -0.2) is 0 Å². The van der Waals surface area contributed by atoms with Crippen molar-refractivity contribution in [3.05, 3.63) is 78.9 Å². The van der Waals surface area contributed by atoms with Gasteiger partial charge in [-0.2, -0.15) is 0 Å². The molecule has 0 atom stereocenters. The maximum absolute atomic E-state index is 6.27. The summed E-state index contributed by atoms with van der Waals surface area (Å²) in [6.45, 7) is 0. The summed E-state index contributed by atoms with van der Waals surface area (Å²) in [4.78, 5) is 0. The highest BCUT2D eigenvalue weighted by molar-refractivity contribution is 6.29. The third-order valence-corrected chi connectivity index (χ3v) is 5.70. The number of hydrogen-bond acceptors (Lipinski definition) is 0. The Kier molecular flexibility index (Phi) is 5.75. The van der Waals surface area contributed by atoms with Crippen LogP contribution in [0.5, 0.6) is 0 Å². The number of allylic oxidation sites excluding steroid dienone is 1. The van der Waals surface area contributed by atoms with Gasteiger partial charge in [0.05, 0.1) is 5.03 Å². The molecule has 0 saturated carbocycles. The number of rotatable bonds is 5. The van der Waals surface area contributed by atoms with Crippen molar-refractivity contribution >= 4 is 11.6 Å². The Hall–Kier alpha value is -0.800. The van der Waals surface area contributed by atoms with E-state index < -0.39 is 0 Å². The lowest BCUT2D eigenvalue weighted by atomic mass is 10.1. The normalized spacial score (nSPS) is 11.5. The first-order chi connectivity index (χ1) is 8.84. The minimum absolute atomic E-state index is 0.0901. The van der Waals surface area contributed by atoms with Gasteiger partial charge in [-0.1, -0.05) is 60.1 Å². The fourth-order valence-corrected chi connectivity index (χ4v) is 3.78. The van der Waals surface area contributed by atoms with Crippen LogP contribution in [0.2, 0.25) is 0 Å². The summed E-state index contributed by atoms with van der Waals surface area (Å²) >= 11 is 6.18. The van der Waals surface area contributed by atoms with Crippen molar-refractivity contribution in [3.8, 4) is 0 Å². The Bertz CT molecular complexity index is 491. The second kappa shape index (κ2) is 7.59. The van der Waals surface area contributed by atoms with Crippen LogP contribution in [0.3, 0.4) is 0 Å². The summed E-state index contributed by atoms with van der Waals surface area (Å²) in [6, 6.07) is 21.0. The van der Waals surface area contributed by atoms with Gasteiger partial charge in [0.25, 0.3) is 0 Å². The summed E-state index contributed by atoms with van der Waals surface area (Å²) in [7, 11) is 0. The van der Waals surface area contributed by atoms with E-state index >= 15 is 0 Å². The molecule has 0 bridgehead atoms. The minimum atomic E-state index is -0.0901. The summed E-state index contributed by atoms with van der Waals surface area (Å²) in [5, 5.41) is 0.996. The lowest BCUT2D eigenvalue weighted by Crippen LogP contribution is -3.59. The van der Waals surface area contributed by atoms with Gasteiger partial charge in [0.15, 0.2) is 7.65 Å². The molecular weight excluding hydrogens is 355 g/mol. The fourth-order valence-electron chi connectivity index (χ4n) is 1.57. The molecule has 2 rings (SSSR count). The van der Waals surface area contributed by atoms with E-state index in [0.29, 0.717) is 0 Å². The van der Waals surface area contributed by atoms with Crippen molar-refractivity contribution in [2.45, 2.75) is 12.8 Å². The monoisotopic (exact) mass is 369 g/mol. The first kappa shape index (κ1) is 13.6. The maximum atomic E-state index is 6.27. The van der Waals surface area contributed by atoms with E-state index in [1.165, 1.54) is 9.13 Å². The standard InChI is InChI=1S/C16H15ClI/c17-15(12-11-14-7-3-1-4-8-14)13-18-16-9-5-2-6-10-16/h1-10,13H,11-12H2/q+1/b15-13-. The van der Waals surface area contributed by atoms with Crippen LogP contribution in [0.1, 0.15) is 12.0 Å². The largest absolute Gasteiger partial charge is 0.350 e. The highest BCUT2D eigenvalue weighted by atomic mass is 127. The molecule has 0 spiro atoms. The molecule has 0 unspecified atom stereocenters. The molecule has 0 aromatic heterocycles. The van der Waals surface area contributed by atoms with Crippen molar-refractivity contribution < 1.29 is 21.2 Å². The zero-order valence-electron chi connectivity index (χ0n) is 10.0. The van der Waals surface area contributed by atoms with E-state index in [2.05, 4.69) is 52.6 Å². The zero-order valence-corrected chi connectivity index (χ0v) is 12.9. The topological polar surface area (TPSA) is 0 Å². The third-order valence-electron chi connectivity index (χ3n) is 2.53. The highest BCUT2D eigenvalue weighted by Gasteiger charge is 2.08. The van der Waals surface area contributed by atoms with Gasteiger partial charge >= 0.3 is 21.2 Å². The van der Waals surface area contributed by atoms with Crippen molar-refractivity contribution in [2.24, 2.45) is 0 Å². The Balaban J connectivity index is 1.83. The van der Waals surface area contributed by atoms with Gasteiger partial charge in [-0.05, 0) is 30.5 Å². The average molecular weight is 370 g/mol. The molecule has 0 amide bonds. The first-order valence-corrected chi connectivity index (χ1v) is 8.62. The molecule has 2 aromatic rings. The van der Waals surface area contributed by atoms with Gasteiger partial charge in [0, 0.05) is 0 Å². The molecule has 0 fully saturated rings. The van der Waals surface area contributed by atoms with E-state index in [4.69, 9.17) is 11.6 Å². The van der Waals surface area contributed by atoms with E-state index in [1.54, 1.807) is 0 Å². The van der Waals surface area contributed by atoms with Crippen LogP contribution in [0.4, 0.5) is 0 Å². The summed E-state index contributed by atoms with van der Waals surface area (Å²) < 4.78 is 3.63. The quantitative estimate of drug-likeness (QED) is 0.703. The van der Waals surface area contributed by atoms with E-state index in [0.717, 1.165) is 17.9 Å².